The Bertz CT molecular complexity index is 921. The lowest BCUT2D eigenvalue weighted by Crippen LogP contribution is -2.33. The number of phosphoric ester groups is 1. The summed E-state index contributed by atoms with van der Waals surface area (Å²) >= 11 is 0. The van der Waals surface area contributed by atoms with E-state index in [1.54, 1.807) is 0 Å². The summed E-state index contributed by atoms with van der Waals surface area (Å²) in [6.45, 7) is 1.43. The minimum absolute atomic E-state index is 0.0392. The molecule has 0 spiro atoms. The van der Waals surface area contributed by atoms with E-state index in [0.717, 1.165) is 4.57 Å². The van der Waals surface area contributed by atoms with Crippen LogP contribution in [0.15, 0.2) is 15.8 Å². The van der Waals surface area contributed by atoms with Gasteiger partial charge in [-0.1, -0.05) is 33.4 Å². The van der Waals surface area contributed by atoms with E-state index in [2.05, 4.69) is 21.3 Å². The summed E-state index contributed by atoms with van der Waals surface area (Å²) in [4.78, 5) is 44.2. The van der Waals surface area contributed by atoms with Gasteiger partial charge in [0.1, 0.15) is 23.3 Å². The van der Waals surface area contributed by atoms with Crippen molar-refractivity contribution >= 4 is 29.4 Å². The molecule has 1 saturated heterocycles. The van der Waals surface area contributed by atoms with Crippen LogP contribution in [0.2, 0.25) is 0 Å². The lowest BCUT2D eigenvalue weighted by Gasteiger charge is -2.22. The van der Waals surface area contributed by atoms with E-state index < -0.39 is 44.1 Å². The molecule has 0 aliphatic carbocycles. The molecule has 0 saturated carbocycles. The summed E-state index contributed by atoms with van der Waals surface area (Å²) in [5.74, 6) is 5.12. The molecular formula is C15H22N3O8PS2. The number of ether oxygens (including phenoxy) is 2. The molecule has 0 aromatic carbocycles. The molecule has 162 valence electrons. The summed E-state index contributed by atoms with van der Waals surface area (Å²) in [7, 11) is -1.76. The van der Waals surface area contributed by atoms with Gasteiger partial charge in [0.05, 0.1) is 19.3 Å². The molecule has 2 heterocycles. The Morgan fingerprint density at radius 3 is 2.86 bits per heavy atom. The number of nitrogens with one attached hydrogen (secondary N) is 1. The number of hydrogen-bond donors (Lipinski definition) is 4. The predicted octanol–water partition coefficient (Wildman–Crippen LogP) is -0.0140. The Kier molecular flexibility index (Phi) is 9.02. The third kappa shape index (κ3) is 7.29. The number of phosphoric acid groups is 1. The highest BCUT2D eigenvalue weighted by atomic mass is 33.1. The van der Waals surface area contributed by atoms with Crippen LogP contribution >= 0.6 is 29.4 Å². The maximum Gasteiger partial charge on any atom is 0.469 e. The molecule has 1 aliphatic rings. The molecular weight excluding hydrogens is 445 g/mol. The average molecular weight is 467 g/mol. The van der Waals surface area contributed by atoms with Crippen LogP contribution in [0.5, 0.6) is 0 Å². The van der Waals surface area contributed by atoms with Crippen LogP contribution in [0.4, 0.5) is 0 Å². The van der Waals surface area contributed by atoms with Gasteiger partial charge in [-0.05, 0) is 13.2 Å². The molecule has 14 heteroatoms. The molecule has 29 heavy (non-hydrogen) atoms. The Hall–Kier alpha value is -1.07. The van der Waals surface area contributed by atoms with Crippen molar-refractivity contribution in [3.63, 3.8) is 0 Å². The zero-order valence-corrected chi connectivity index (χ0v) is 18.2. The van der Waals surface area contributed by atoms with Crippen LogP contribution < -0.4 is 17.0 Å². The minimum Gasteiger partial charge on any atom is -0.361 e. The smallest absolute Gasteiger partial charge is 0.361 e. The van der Waals surface area contributed by atoms with E-state index in [4.69, 9.17) is 25.0 Å². The van der Waals surface area contributed by atoms with E-state index in [1.165, 1.54) is 27.8 Å². The molecule has 5 N–H and O–H groups in total. The van der Waals surface area contributed by atoms with E-state index in [9.17, 15) is 14.2 Å². The van der Waals surface area contributed by atoms with E-state index in [1.807, 2.05) is 13.2 Å². The van der Waals surface area contributed by atoms with Crippen LogP contribution in [0.3, 0.4) is 0 Å². The van der Waals surface area contributed by atoms with Crippen LogP contribution in [-0.4, -0.2) is 56.4 Å². The molecule has 0 radical (unpaired) electrons. The largest absolute Gasteiger partial charge is 0.469 e. The molecule has 1 aliphatic heterocycles. The minimum atomic E-state index is -4.71. The molecule has 0 amide bonds. The van der Waals surface area contributed by atoms with Gasteiger partial charge >= 0.3 is 13.5 Å². The third-order valence-electron chi connectivity index (χ3n) is 3.79. The maximum absolute atomic E-state index is 12.3. The zero-order chi connectivity index (χ0) is 21.6. The average Bonchev–Trinajstić information content (AvgIpc) is 3.01. The molecule has 1 fully saturated rings. The van der Waals surface area contributed by atoms with Crippen LogP contribution in [0.25, 0.3) is 0 Å². The SMILES string of the molecule is CSS[C@H](C)OC1C[C@H](n2cc(C#CCN)c(=O)[nH]c2=O)O[C@@H]1COP(=O)(O)O. The summed E-state index contributed by atoms with van der Waals surface area (Å²) < 4.78 is 28.4. The Morgan fingerprint density at radius 2 is 2.24 bits per heavy atom. The van der Waals surface area contributed by atoms with Crippen molar-refractivity contribution in [3.8, 4) is 11.8 Å². The predicted molar refractivity (Wildman–Crippen MR) is 109 cm³/mol. The van der Waals surface area contributed by atoms with Gasteiger partial charge in [0.2, 0.25) is 0 Å². The topological polar surface area (TPSA) is 166 Å². The van der Waals surface area contributed by atoms with Crippen LogP contribution in [0, 0.1) is 11.8 Å². The second-order valence-electron chi connectivity index (χ2n) is 5.87. The number of rotatable bonds is 8. The van der Waals surface area contributed by atoms with Gasteiger partial charge < -0.3 is 25.0 Å². The second kappa shape index (κ2) is 10.8. The molecule has 1 unspecified atom stereocenters. The quantitative estimate of drug-likeness (QED) is 0.176. The first-order chi connectivity index (χ1) is 13.6. The fourth-order valence-corrected chi connectivity index (χ4v) is 4.42. The van der Waals surface area contributed by atoms with Gasteiger partial charge in [-0.2, -0.15) is 0 Å². The van der Waals surface area contributed by atoms with Gasteiger partial charge in [-0.15, -0.1) is 0 Å². The molecule has 11 nitrogen and oxygen atoms in total. The lowest BCUT2D eigenvalue weighted by molar-refractivity contribution is -0.0634. The molecule has 2 rings (SSSR count). The highest BCUT2D eigenvalue weighted by Gasteiger charge is 2.40. The van der Waals surface area contributed by atoms with Gasteiger partial charge in [-0.25, -0.2) is 9.36 Å². The second-order valence-corrected chi connectivity index (χ2v) is 9.88. The van der Waals surface area contributed by atoms with Crippen molar-refractivity contribution in [2.45, 2.75) is 37.2 Å². The number of nitrogens with zero attached hydrogens (tertiary/aromatic N) is 1. The standard InChI is InChI=1S/C15H22N3O8PS2/c1-9(29-28-2)25-11-6-13(26-12(11)8-24-27(21,22)23)18-7-10(4-3-5-16)14(19)17-15(18)20/h7,9,11-13H,5-6,8,16H2,1-2H3,(H,17,19,20)(H2,21,22,23)/t9-,11?,12-,13-/m1/s1. The van der Waals surface area contributed by atoms with Crippen LogP contribution in [0.1, 0.15) is 25.1 Å². The number of nitrogens with two attached hydrogens (primary N) is 1. The lowest BCUT2D eigenvalue weighted by atomic mass is 10.2. The molecule has 1 aromatic heterocycles. The van der Waals surface area contributed by atoms with Crippen LogP contribution in [-0.2, 0) is 18.6 Å². The number of aromatic nitrogens is 2. The summed E-state index contributed by atoms with van der Waals surface area (Å²) in [6.07, 6.45) is 1.06. The van der Waals surface area contributed by atoms with Crippen molar-refractivity contribution in [1.82, 2.24) is 9.55 Å². The first-order valence-corrected chi connectivity index (χ1v) is 12.5. The van der Waals surface area contributed by atoms with E-state index in [0.29, 0.717) is 0 Å². The molecule has 4 atom stereocenters. The summed E-state index contributed by atoms with van der Waals surface area (Å²) in [5.41, 5.74) is 3.76. The highest BCUT2D eigenvalue weighted by Crippen LogP contribution is 2.39. The molecule has 1 aromatic rings. The number of aromatic amines is 1. The summed E-state index contributed by atoms with van der Waals surface area (Å²) in [6, 6.07) is 0. The van der Waals surface area contributed by atoms with Crippen molar-refractivity contribution in [1.29, 1.82) is 0 Å². The first kappa shape index (κ1) is 24.2. The first-order valence-electron chi connectivity index (χ1n) is 8.39. The van der Waals surface area contributed by atoms with Gasteiger partial charge in [0, 0.05) is 12.6 Å². The third-order valence-corrected chi connectivity index (χ3v) is 6.24. The number of hydrogen-bond acceptors (Lipinski definition) is 9. The van der Waals surface area contributed by atoms with Crippen molar-refractivity contribution < 1.29 is 28.3 Å². The Morgan fingerprint density at radius 1 is 1.52 bits per heavy atom. The maximum atomic E-state index is 12.3. The van der Waals surface area contributed by atoms with Gasteiger partial charge in [0.25, 0.3) is 5.56 Å². The van der Waals surface area contributed by atoms with Crippen molar-refractivity contribution in [2.75, 3.05) is 19.4 Å². The Labute approximate surface area is 174 Å². The van der Waals surface area contributed by atoms with Gasteiger partial charge in [0.15, 0.2) is 0 Å². The number of H-pyrrole nitrogens is 1. The highest BCUT2D eigenvalue weighted by molar-refractivity contribution is 8.76. The molecule has 0 bridgehead atoms. The Balaban J connectivity index is 2.28. The van der Waals surface area contributed by atoms with Crippen molar-refractivity contribution in [3.05, 3.63) is 32.6 Å². The van der Waals surface area contributed by atoms with Crippen molar-refractivity contribution in [2.24, 2.45) is 5.73 Å². The zero-order valence-electron chi connectivity index (χ0n) is 15.6. The normalized spacial score (nSPS) is 22.9. The monoisotopic (exact) mass is 467 g/mol. The van der Waals surface area contributed by atoms with Gasteiger partial charge in [-0.3, -0.25) is 18.9 Å². The fourth-order valence-electron chi connectivity index (χ4n) is 2.67. The van der Waals surface area contributed by atoms with E-state index >= 15 is 0 Å². The summed E-state index contributed by atoms with van der Waals surface area (Å²) in [5, 5.41) is 0. The van der Waals surface area contributed by atoms with E-state index in [-0.39, 0.29) is 24.0 Å². The fraction of sp³-hybridized carbons (Fsp3) is 0.600.